The standard InChI is InChI=1S/C25H23Br3F3NO2/c1-2-9-32-23(34)24(7-8-24)14-22(33)19-5-3-15(10-21(19)28)4-6-20(25(29,30)31)16-11-17(26)13-18(27)12-16/h3-6,10-13,20H,2,7-9,14H2,1H3,(H,32,34)/b6-4+. The second-order valence-electron chi connectivity index (χ2n) is 8.46. The van der Waals surface area contributed by atoms with Gasteiger partial charge in [-0.3, -0.25) is 9.59 Å². The van der Waals surface area contributed by atoms with Crippen molar-refractivity contribution in [1.82, 2.24) is 5.32 Å². The van der Waals surface area contributed by atoms with Crippen molar-refractivity contribution < 1.29 is 22.8 Å². The van der Waals surface area contributed by atoms with Gasteiger partial charge in [0, 0.05) is 31.9 Å². The summed E-state index contributed by atoms with van der Waals surface area (Å²) in [5.41, 5.74) is 0.401. The van der Waals surface area contributed by atoms with Crippen molar-refractivity contribution in [3.63, 3.8) is 0 Å². The molecule has 0 saturated heterocycles. The van der Waals surface area contributed by atoms with Gasteiger partial charge in [0.1, 0.15) is 0 Å². The summed E-state index contributed by atoms with van der Waals surface area (Å²) in [5, 5.41) is 2.87. The molecular weight excluding hydrogens is 643 g/mol. The topological polar surface area (TPSA) is 46.2 Å². The number of ketones is 1. The molecule has 1 atom stereocenters. The Kier molecular flexibility index (Phi) is 8.85. The molecule has 3 rings (SSSR count). The molecule has 1 fully saturated rings. The SMILES string of the molecule is CCCNC(=O)C1(CC(=O)c2ccc(/C=C/C(c3cc(Br)cc(Br)c3)C(F)(F)F)cc2Br)CC1. The minimum atomic E-state index is -4.47. The van der Waals surface area contributed by atoms with Crippen LogP contribution in [0.3, 0.4) is 0 Å². The predicted octanol–water partition coefficient (Wildman–Crippen LogP) is 8.21. The quantitative estimate of drug-likeness (QED) is 0.275. The number of hydrogen-bond donors (Lipinski definition) is 1. The number of nitrogens with one attached hydrogen (secondary N) is 1. The molecule has 182 valence electrons. The molecule has 2 aromatic rings. The highest BCUT2D eigenvalue weighted by Crippen LogP contribution is 2.50. The number of allylic oxidation sites excluding steroid dienone is 1. The molecule has 1 aliphatic carbocycles. The fraction of sp³-hybridized carbons (Fsp3) is 0.360. The predicted molar refractivity (Wildman–Crippen MR) is 138 cm³/mol. The summed E-state index contributed by atoms with van der Waals surface area (Å²) in [4.78, 5) is 25.3. The fourth-order valence-corrected chi connectivity index (χ4v) is 5.64. The monoisotopic (exact) mass is 663 g/mol. The molecule has 0 bridgehead atoms. The summed E-state index contributed by atoms with van der Waals surface area (Å²) in [5.74, 6) is -2.05. The van der Waals surface area contributed by atoms with Crippen LogP contribution in [0.1, 0.15) is 60.0 Å². The Hall–Kier alpha value is -1.45. The zero-order chi connectivity index (χ0) is 25.1. The Morgan fingerprint density at radius 2 is 1.74 bits per heavy atom. The van der Waals surface area contributed by atoms with E-state index in [1.54, 1.807) is 24.3 Å². The maximum atomic E-state index is 13.8. The number of carbonyl (C=O) groups excluding carboxylic acids is 2. The van der Waals surface area contributed by atoms with E-state index in [0.717, 1.165) is 12.5 Å². The summed E-state index contributed by atoms with van der Waals surface area (Å²) in [6, 6.07) is 9.36. The lowest BCUT2D eigenvalue weighted by Crippen LogP contribution is -2.34. The van der Waals surface area contributed by atoms with Gasteiger partial charge in [-0.1, -0.05) is 72.9 Å². The minimum absolute atomic E-state index is 0.0873. The van der Waals surface area contributed by atoms with Gasteiger partial charge in [0.05, 0.1) is 11.3 Å². The van der Waals surface area contributed by atoms with Gasteiger partial charge in [0.15, 0.2) is 5.78 Å². The van der Waals surface area contributed by atoms with E-state index in [4.69, 9.17) is 0 Å². The van der Waals surface area contributed by atoms with Crippen LogP contribution in [-0.2, 0) is 4.79 Å². The van der Waals surface area contributed by atoms with E-state index in [2.05, 4.69) is 53.1 Å². The molecule has 34 heavy (non-hydrogen) atoms. The normalized spacial score (nSPS) is 15.9. The molecule has 1 amide bonds. The smallest absolute Gasteiger partial charge is 0.356 e. The molecule has 1 saturated carbocycles. The van der Waals surface area contributed by atoms with Crippen LogP contribution < -0.4 is 5.32 Å². The molecule has 0 aliphatic heterocycles. The number of rotatable bonds is 9. The van der Waals surface area contributed by atoms with E-state index in [-0.39, 0.29) is 23.7 Å². The summed E-state index contributed by atoms with van der Waals surface area (Å²) in [7, 11) is 0. The first-order chi connectivity index (χ1) is 15.9. The van der Waals surface area contributed by atoms with Crippen molar-refractivity contribution in [3.05, 3.63) is 72.6 Å². The van der Waals surface area contributed by atoms with Gasteiger partial charge < -0.3 is 5.32 Å². The van der Waals surface area contributed by atoms with E-state index in [1.165, 1.54) is 18.2 Å². The van der Waals surface area contributed by atoms with Gasteiger partial charge in [-0.2, -0.15) is 13.2 Å². The Balaban J connectivity index is 1.77. The minimum Gasteiger partial charge on any atom is -0.356 e. The second kappa shape index (κ2) is 11.1. The van der Waals surface area contributed by atoms with E-state index in [0.29, 0.717) is 43.9 Å². The largest absolute Gasteiger partial charge is 0.399 e. The summed E-state index contributed by atoms with van der Waals surface area (Å²) < 4.78 is 42.8. The highest BCUT2D eigenvalue weighted by molar-refractivity contribution is 9.11. The number of Topliss-reactive ketones (excluding diaryl/α,β-unsaturated/α-hetero) is 1. The third kappa shape index (κ3) is 6.82. The van der Waals surface area contributed by atoms with Crippen LogP contribution in [0.4, 0.5) is 13.2 Å². The van der Waals surface area contributed by atoms with E-state index in [1.807, 2.05) is 6.92 Å². The molecular formula is C25H23Br3F3NO2. The molecule has 3 nitrogen and oxygen atoms in total. The van der Waals surface area contributed by atoms with Crippen molar-refractivity contribution in [2.75, 3.05) is 6.54 Å². The van der Waals surface area contributed by atoms with Crippen molar-refractivity contribution in [3.8, 4) is 0 Å². The summed E-state index contributed by atoms with van der Waals surface area (Å²) in [6.07, 6.45) is 0.325. The molecule has 2 aromatic carbocycles. The average Bonchev–Trinajstić information content (AvgIpc) is 3.51. The zero-order valence-electron chi connectivity index (χ0n) is 18.3. The summed E-state index contributed by atoms with van der Waals surface area (Å²) >= 11 is 9.85. The number of alkyl halides is 3. The highest BCUT2D eigenvalue weighted by Gasteiger charge is 2.51. The van der Waals surface area contributed by atoms with Crippen molar-refractivity contribution in [2.45, 2.75) is 44.7 Å². The lowest BCUT2D eigenvalue weighted by Gasteiger charge is -2.18. The molecule has 0 radical (unpaired) electrons. The molecule has 1 aliphatic rings. The fourth-order valence-electron chi connectivity index (χ4n) is 3.70. The van der Waals surface area contributed by atoms with Crippen molar-refractivity contribution in [1.29, 1.82) is 0 Å². The van der Waals surface area contributed by atoms with Gasteiger partial charge in [-0.15, -0.1) is 0 Å². The number of carbonyl (C=O) groups is 2. The van der Waals surface area contributed by atoms with Crippen molar-refractivity contribution >= 4 is 65.6 Å². The second-order valence-corrected chi connectivity index (χ2v) is 11.1. The first kappa shape index (κ1) is 27.1. The van der Waals surface area contributed by atoms with E-state index in [9.17, 15) is 22.8 Å². The van der Waals surface area contributed by atoms with Crippen LogP contribution in [0.15, 0.2) is 55.9 Å². The van der Waals surface area contributed by atoms with Gasteiger partial charge in [0.25, 0.3) is 0 Å². The molecule has 9 heteroatoms. The maximum absolute atomic E-state index is 13.8. The van der Waals surface area contributed by atoms with Gasteiger partial charge in [-0.05, 0) is 60.7 Å². The zero-order valence-corrected chi connectivity index (χ0v) is 23.1. The molecule has 1 N–H and O–H groups in total. The molecule has 0 spiro atoms. The maximum Gasteiger partial charge on any atom is 0.399 e. The molecule has 0 aromatic heterocycles. The first-order valence-electron chi connectivity index (χ1n) is 10.8. The van der Waals surface area contributed by atoms with Crippen molar-refractivity contribution in [2.24, 2.45) is 5.41 Å². The highest BCUT2D eigenvalue weighted by atomic mass is 79.9. The third-order valence-corrected chi connectivity index (χ3v) is 7.31. The van der Waals surface area contributed by atoms with Crippen LogP contribution in [0.2, 0.25) is 0 Å². The number of hydrogen-bond acceptors (Lipinski definition) is 2. The number of amides is 1. The Morgan fingerprint density at radius 3 is 2.26 bits per heavy atom. The van der Waals surface area contributed by atoms with Crippen LogP contribution in [0, 0.1) is 5.41 Å². The molecule has 0 heterocycles. The Bertz CT molecular complexity index is 1090. The third-order valence-electron chi connectivity index (χ3n) is 5.74. The summed E-state index contributed by atoms with van der Waals surface area (Å²) in [6.45, 7) is 2.54. The van der Waals surface area contributed by atoms with Crippen LogP contribution in [-0.4, -0.2) is 24.4 Å². The molecule has 1 unspecified atom stereocenters. The Labute approximate surface area is 222 Å². The van der Waals surface area contributed by atoms with E-state index < -0.39 is 17.5 Å². The van der Waals surface area contributed by atoms with Gasteiger partial charge >= 0.3 is 6.18 Å². The first-order valence-corrected chi connectivity index (χ1v) is 13.1. The van der Waals surface area contributed by atoms with E-state index >= 15 is 0 Å². The van der Waals surface area contributed by atoms with Crippen LogP contribution in [0.5, 0.6) is 0 Å². The Morgan fingerprint density at radius 1 is 1.09 bits per heavy atom. The van der Waals surface area contributed by atoms with Gasteiger partial charge in [0.2, 0.25) is 5.91 Å². The van der Waals surface area contributed by atoms with Gasteiger partial charge in [-0.25, -0.2) is 0 Å². The van der Waals surface area contributed by atoms with Crippen LogP contribution >= 0.6 is 47.8 Å². The number of halogens is 6. The average molecular weight is 666 g/mol. The lowest BCUT2D eigenvalue weighted by atomic mass is 9.93. The van der Waals surface area contributed by atoms with Crippen LogP contribution in [0.25, 0.3) is 6.08 Å². The number of benzene rings is 2. The lowest BCUT2D eigenvalue weighted by molar-refractivity contribution is -0.139.